The number of aryl methyl sites for hydroxylation is 1. The summed E-state index contributed by atoms with van der Waals surface area (Å²) in [5.41, 5.74) is 2.61. The Morgan fingerprint density at radius 2 is 1.71 bits per heavy atom. The summed E-state index contributed by atoms with van der Waals surface area (Å²) in [5, 5.41) is 4.47. The van der Waals surface area contributed by atoms with Crippen molar-refractivity contribution < 1.29 is 23.9 Å². The fraction of sp³-hybridized carbons (Fsp3) is 0.100. The first-order valence-corrected chi connectivity index (χ1v) is 12.6. The molecule has 5 rings (SSSR count). The number of carbonyl (C=O) groups excluding carboxylic acids is 3. The number of urea groups is 1. The number of ether oxygens (including phenoxy) is 2. The highest BCUT2D eigenvalue weighted by Crippen LogP contribution is 2.38. The molecule has 4 amide bonds. The van der Waals surface area contributed by atoms with Crippen LogP contribution in [0.3, 0.4) is 0 Å². The number of methoxy groups -OCH3 is 1. The van der Waals surface area contributed by atoms with Crippen LogP contribution in [0.15, 0.2) is 88.9 Å². The Balaban J connectivity index is 1.45. The average Bonchev–Trinajstić information content (AvgIpc) is 2.90. The number of fused-ring (bicyclic) bond motifs is 1. The number of nitrogens with one attached hydrogen (secondary N) is 1. The van der Waals surface area contributed by atoms with Crippen LogP contribution in [0.25, 0.3) is 16.8 Å². The van der Waals surface area contributed by atoms with Crippen LogP contribution in [0.1, 0.15) is 16.7 Å². The van der Waals surface area contributed by atoms with Crippen LogP contribution in [0.4, 0.5) is 10.5 Å². The van der Waals surface area contributed by atoms with Crippen molar-refractivity contribution in [3.8, 4) is 11.5 Å². The number of hydrogen-bond acceptors (Lipinski definition) is 5. The molecule has 0 saturated carbocycles. The van der Waals surface area contributed by atoms with Crippen molar-refractivity contribution in [2.75, 3.05) is 12.0 Å². The molecule has 0 aromatic heterocycles. The molecule has 0 unspecified atom stereocenters. The van der Waals surface area contributed by atoms with Crippen molar-refractivity contribution in [3.63, 3.8) is 0 Å². The number of halogens is 1. The predicted octanol–water partition coefficient (Wildman–Crippen LogP) is 6.16. The third kappa shape index (κ3) is 4.90. The molecule has 8 heteroatoms. The molecule has 0 aliphatic carbocycles. The van der Waals surface area contributed by atoms with Gasteiger partial charge in [0.25, 0.3) is 11.8 Å². The molecule has 4 aromatic rings. The number of carbonyl (C=O) groups is 3. The molecule has 1 saturated heterocycles. The Labute approximate surface area is 227 Å². The summed E-state index contributed by atoms with van der Waals surface area (Å²) in [6.45, 7) is 2.16. The largest absolute Gasteiger partial charge is 0.493 e. The number of rotatable bonds is 6. The van der Waals surface area contributed by atoms with Crippen LogP contribution in [-0.4, -0.2) is 25.0 Å². The second kappa shape index (κ2) is 10.5. The van der Waals surface area contributed by atoms with Gasteiger partial charge in [0.15, 0.2) is 11.5 Å². The lowest BCUT2D eigenvalue weighted by atomic mass is 10.1. The third-order valence-corrected chi connectivity index (χ3v) is 6.77. The minimum absolute atomic E-state index is 0.176. The molecule has 38 heavy (non-hydrogen) atoms. The summed E-state index contributed by atoms with van der Waals surface area (Å²) in [5.74, 6) is -0.577. The lowest BCUT2D eigenvalue weighted by molar-refractivity contribution is -0.122. The second-order valence-electron chi connectivity index (χ2n) is 8.76. The Hall–Kier alpha value is -4.43. The monoisotopic (exact) mass is 570 g/mol. The molecule has 1 aliphatic heterocycles. The summed E-state index contributed by atoms with van der Waals surface area (Å²) < 4.78 is 12.3. The van der Waals surface area contributed by atoms with Crippen molar-refractivity contribution in [1.82, 2.24) is 5.32 Å². The van der Waals surface area contributed by atoms with Crippen molar-refractivity contribution >= 4 is 56.3 Å². The normalized spacial score (nSPS) is 14.7. The summed E-state index contributed by atoms with van der Waals surface area (Å²) in [6.07, 6.45) is 1.43. The van der Waals surface area contributed by atoms with Crippen molar-refractivity contribution in [3.05, 3.63) is 106 Å². The van der Waals surface area contributed by atoms with Gasteiger partial charge in [-0.3, -0.25) is 14.9 Å². The molecule has 0 radical (unpaired) electrons. The summed E-state index contributed by atoms with van der Waals surface area (Å²) in [4.78, 5) is 39.3. The first-order valence-electron chi connectivity index (χ1n) is 11.8. The zero-order valence-corrected chi connectivity index (χ0v) is 22.2. The van der Waals surface area contributed by atoms with Gasteiger partial charge in [0.05, 0.1) is 17.3 Å². The van der Waals surface area contributed by atoms with Crippen LogP contribution in [0, 0.1) is 6.92 Å². The Kier molecular flexibility index (Phi) is 6.98. The highest BCUT2D eigenvalue weighted by atomic mass is 79.9. The predicted molar refractivity (Wildman–Crippen MR) is 149 cm³/mol. The van der Waals surface area contributed by atoms with Crippen molar-refractivity contribution in [1.29, 1.82) is 0 Å². The topological polar surface area (TPSA) is 84.9 Å². The van der Waals surface area contributed by atoms with E-state index in [2.05, 4.69) is 21.2 Å². The molecule has 1 N–H and O–H groups in total. The molecule has 0 spiro atoms. The van der Waals surface area contributed by atoms with E-state index in [1.54, 1.807) is 30.3 Å². The van der Waals surface area contributed by atoms with E-state index in [4.69, 9.17) is 9.47 Å². The lowest BCUT2D eigenvalue weighted by Gasteiger charge is -2.26. The highest BCUT2D eigenvalue weighted by Gasteiger charge is 2.37. The molecular weight excluding hydrogens is 548 g/mol. The smallest absolute Gasteiger partial charge is 0.335 e. The van der Waals surface area contributed by atoms with E-state index in [0.717, 1.165) is 26.8 Å². The van der Waals surface area contributed by atoms with E-state index in [9.17, 15) is 14.4 Å². The summed E-state index contributed by atoms with van der Waals surface area (Å²) in [7, 11) is 1.51. The first-order chi connectivity index (χ1) is 18.4. The SMILES string of the molecule is COc1cc(/C=C2/C(=O)NC(=O)N(c3cccc(C)c3)C2=O)cc(Br)c1OCc1cccc2ccccc12. The average molecular weight is 571 g/mol. The standard InChI is InChI=1S/C30H23BrN2O5/c1-18-7-5-11-22(13-18)33-29(35)24(28(34)32-30(33)36)14-19-15-25(31)27(26(16-19)37-2)38-17-21-10-6-9-20-8-3-4-12-23(20)21/h3-16H,17H2,1-2H3,(H,32,34,36)/b24-14-. The number of benzene rings is 4. The van der Waals surface area contributed by atoms with Gasteiger partial charge < -0.3 is 9.47 Å². The second-order valence-corrected chi connectivity index (χ2v) is 9.61. The Morgan fingerprint density at radius 1 is 0.947 bits per heavy atom. The number of barbiturate groups is 1. The maximum atomic E-state index is 13.2. The van der Waals surface area contributed by atoms with E-state index < -0.39 is 17.8 Å². The van der Waals surface area contributed by atoms with E-state index in [1.165, 1.54) is 13.2 Å². The van der Waals surface area contributed by atoms with Gasteiger partial charge in [0.1, 0.15) is 12.2 Å². The van der Waals surface area contributed by atoms with Crippen molar-refractivity contribution in [2.24, 2.45) is 0 Å². The number of nitrogens with zero attached hydrogens (tertiary/aromatic N) is 1. The maximum absolute atomic E-state index is 13.2. The van der Waals surface area contributed by atoms with E-state index >= 15 is 0 Å². The van der Waals surface area contributed by atoms with E-state index in [1.807, 2.05) is 55.5 Å². The van der Waals surface area contributed by atoms with Gasteiger partial charge in [-0.1, -0.05) is 54.6 Å². The van der Waals surface area contributed by atoms with Crippen LogP contribution in [0.2, 0.25) is 0 Å². The van der Waals surface area contributed by atoms with Crippen molar-refractivity contribution in [2.45, 2.75) is 13.5 Å². The Bertz CT molecular complexity index is 1620. The molecule has 1 aliphatic rings. The zero-order valence-electron chi connectivity index (χ0n) is 20.7. The van der Waals surface area contributed by atoms with Crippen LogP contribution in [0.5, 0.6) is 11.5 Å². The summed E-state index contributed by atoms with van der Waals surface area (Å²) in [6, 6.07) is 23.7. The fourth-order valence-electron chi connectivity index (χ4n) is 4.36. The molecule has 1 heterocycles. The van der Waals surface area contributed by atoms with Gasteiger partial charge in [-0.25, -0.2) is 9.69 Å². The molecule has 190 valence electrons. The first kappa shape index (κ1) is 25.2. The minimum Gasteiger partial charge on any atom is -0.493 e. The number of anilines is 1. The van der Waals surface area contributed by atoms with Crippen LogP contribution >= 0.6 is 15.9 Å². The molecule has 4 aromatic carbocycles. The molecule has 7 nitrogen and oxygen atoms in total. The molecule has 1 fully saturated rings. The quantitative estimate of drug-likeness (QED) is 0.221. The van der Waals surface area contributed by atoms with Crippen LogP contribution < -0.4 is 19.7 Å². The summed E-state index contributed by atoms with van der Waals surface area (Å²) >= 11 is 3.54. The number of hydrogen-bond donors (Lipinski definition) is 1. The third-order valence-electron chi connectivity index (χ3n) is 6.18. The zero-order chi connectivity index (χ0) is 26.8. The van der Waals surface area contributed by atoms with Crippen LogP contribution in [-0.2, 0) is 16.2 Å². The van der Waals surface area contributed by atoms with Gasteiger partial charge in [-0.2, -0.15) is 0 Å². The minimum atomic E-state index is -0.793. The van der Waals surface area contributed by atoms with Gasteiger partial charge in [-0.05, 0) is 80.7 Å². The van der Waals surface area contributed by atoms with Gasteiger partial charge in [0.2, 0.25) is 0 Å². The molecule has 0 bridgehead atoms. The Morgan fingerprint density at radius 3 is 2.50 bits per heavy atom. The lowest BCUT2D eigenvalue weighted by Crippen LogP contribution is -2.54. The van der Waals surface area contributed by atoms with Gasteiger partial charge >= 0.3 is 6.03 Å². The number of imide groups is 2. The highest BCUT2D eigenvalue weighted by molar-refractivity contribution is 9.10. The van der Waals surface area contributed by atoms with Gasteiger partial charge in [-0.15, -0.1) is 0 Å². The number of amides is 4. The fourth-order valence-corrected chi connectivity index (χ4v) is 4.93. The van der Waals surface area contributed by atoms with E-state index in [0.29, 0.717) is 33.8 Å². The van der Waals surface area contributed by atoms with Gasteiger partial charge in [0, 0.05) is 0 Å². The molecule has 0 atom stereocenters. The maximum Gasteiger partial charge on any atom is 0.335 e. The molecular formula is C30H23BrN2O5. The van der Waals surface area contributed by atoms with E-state index in [-0.39, 0.29) is 5.57 Å².